The van der Waals surface area contributed by atoms with Crippen molar-refractivity contribution >= 4 is 11.9 Å². The number of halogens is 3. The highest BCUT2D eigenvalue weighted by molar-refractivity contribution is 5.92. The second kappa shape index (κ2) is 8.22. The minimum Gasteiger partial charge on any atom is -0.406 e. The van der Waals surface area contributed by atoms with Gasteiger partial charge in [-0.3, -0.25) is 14.6 Å². The lowest BCUT2D eigenvalue weighted by Crippen LogP contribution is -2.34. The molecule has 1 saturated carbocycles. The van der Waals surface area contributed by atoms with Gasteiger partial charge in [-0.1, -0.05) is 12.1 Å². The first-order valence-electron chi connectivity index (χ1n) is 9.73. The predicted molar refractivity (Wildman–Crippen MR) is 104 cm³/mol. The molecule has 11 heteroatoms. The SMILES string of the molecule is COC[C@@H](NC(=O)c1cc(=O)[nH]c(N2CC3CC3C2)n1)c1ccc(OC(F)(F)F)cc1. The van der Waals surface area contributed by atoms with E-state index >= 15 is 0 Å². The van der Waals surface area contributed by atoms with Crippen LogP contribution in [-0.2, 0) is 4.74 Å². The molecule has 2 aliphatic rings. The van der Waals surface area contributed by atoms with Crippen molar-refractivity contribution in [2.75, 3.05) is 31.7 Å². The first kappa shape index (κ1) is 21.2. The smallest absolute Gasteiger partial charge is 0.406 e. The molecule has 1 aliphatic heterocycles. The third kappa shape index (κ3) is 5.16. The Bertz CT molecular complexity index is 999. The molecule has 4 rings (SSSR count). The maximum absolute atomic E-state index is 12.8. The highest BCUT2D eigenvalue weighted by Gasteiger charge is 2.45. The molecule has 0 bridgehead atoms. The van der Waals surface area contributed by atoms with Crippen LogP contribution in [0.1, 0.15) is 28.5 Å². The number of alkyl halides is 3. The summed E-state index contributed by atoms with van der Waals surface area (Å²) < 4.78 is 46.0. The fraction of sp³-hybridized carbons (Fsp3) is 0.450. The number of anilines is 1. The van der Waals surface area contributed by atoms with Crippen molar-refractivity contribution in [2.24, 2.45) is 11.8 Å². The zero-order chi connectivity index (χ0) is 22.2. The molecule has 8 nitrogen and oxygen atoms in total. The van der Waals surface area contributed by atoms with Crippen molar-refractivity contribution < 1.29 is 27.4 Å². The quantitative estimate of drug-likeness (QED) is 0.689. The van der Waals surface area contributed by atoms with Crippen LogP contribution in [0.4, 0.5) is 19.1 Å². The lowest BCUT2D eigenvalue weighted by molar-refractivity contribution is -0.274. The van der Waals surface area contributed by atoms with Gasteiger partial charge in [0.1, 0.15) is 11.4 Å². The zero-order valence-electron chi connectivity index (χ0n) is 16.6. The molecule has 1 aromatic heterocycles. The van der Waals surface area contributed by atoms with Crippen LogP contribution in [-0.4, -0.2) is 49.0 Å². The molecule has 3 atom stereocenters. The molecule has 1 aromatic carbocycles. The molecular formula is C20H21F3N4O4. The summed E-state index contributed by atoms with van der Waals surface area (Å²) >= 11 is 0. The summed E-state index contributed by atoms with van der Waals surface area (Å²) in [5.74, 6) is 0.649. The second-order valence-corrected chi connectivity index (χ2v) is 7.71. The van der Waals surface area contributed by atoms with Crippen LogP contribution in [0.3, 0.4) is 0 Å². The average molecular weight is 438 g/mol. The van der Waals surface area contributed by atoms with Gasteiger partial charge in [-0.15, -0.1) is 13.2 Å². The van der Waals surface area contributed by atoms with Gasteiger partial charge in [0.05, 0.1) is 12.6 Å². The molecule has 2 heterocycles. The molecule has 2 fully saturated rings. The Balaban J connectivity index is 1.48. The first-order chi connectivity index (χ1) is 14.7. The van der Waals surface area contributed by atoms with E-state index < -0.39 is 23.9 Å². The van der Waals surface area contributed by atoms with Crippen molar-refractivity contribution in [3.8, 4) is 5.75 Å². The number of benzene rings is 1. The number of H-pyrrole nitrogens is 1. The van der Waals surface area contributed by atoms with Gasteiger partial charge < -0.3 is 19.7 Å². The van der Waals surface area contributed by atoms with E-state index in [0.29, 0.717) is 23.3 Å². The maximum Gasteiger partial charge on any atom is 0.573 e. The Morgan fingerprint density at radius 2 is 1.97 bits per heavy atom. The Kier molecular flexibility index (Phi) is 5.61. The summed E-state index contributed by atoms with van der Waals surface area (Å²) in [6.45, 7) is 1.67. The van der Waals surface area contributed by atoms with E-state index in [2.05, 4.69) is 20.0 Å². The van der Waals surface area contributed by atoms with E-state index in [1.54, 1.807) is 0 Å². The minimum atomic E-state index is -4.79. The third-order valence-electron chi connectivity index (χ3n) is 5.39. The van der Waals surface area contributed by atoms with Crippen LogP contribution < -0.4 is 20.5 Å². The normalized spacial score (nSPS) is 20.8. The van der Waals surface area contributed by atoms with Crippen LogP contribution in [0, 0.1) is 11.8 Å². The fourth-order valence-electron chi connectivity index (χ4n) is 3.80. The standard InChI is InChI=1S/C20H21F3N4O4/c1-30-10-16(11-2-4-14(5-3-11)31-20(21,22)23)24-18(29)15-7-17(28)26-19(25-15)27-8-12-6-13(12)9-27/h2-5,7,12-13,16H,6,8-10H2,1H3,(H,24,29)(H,25,26,28)/t12?,13?,16-/m1/s1. The number of aromatic amines is 1. The van der Waals surface area contributed by atoms with E-state index in [9.17, 15) is 22.8 Å². The van der Waals surface area contributed by atoms with E-state index in [-0.39, 0.29) is 18.1 Å². The van der Waals surface area contributed by atoms with Gasteiger partial charge in [-0.05, 0) is 36.0 Å². The van der Waals surface area contributed by atoms with Gasteiger partial charge in [0.2, 0.25) is 5.95 Å². The molecule has 0 radical (unpaired) electrons. The molecular weight excluding hydrogens is 417 g/mol. The largest absolute Gasteiger partial charge is 0.573 e. The highest BCUT2D eigenvalue weighted by atomic mass is 19.4. The molecule has 2 aromatic rings. The lowest BCUT2D eigenvalue weighted by atomic mass is 10.1. The van der Waals surface area contributed by atoms with Crippen molar-refractivity contribution in [3.05, 3.63) is 51.9 Å². The van der Waals surface area contributed by atoms with Crippen LogP contribution in [0.2, 0.25) is 0 Å². The number of piperidine rings is 1. The average Bonchev–Trinajstić information content (AvgIpc) is 3.31. The molecule has 31 heavy (non-hydrogen) atoms. The van der Waals surface area contributed by atoms with Crippen LogP contribution in [0.5, 0.6) is 5.75 Å². The third-order valence-corrected chi connectivity index (χ3v) is 5.39. The summed E-state index contributed by atoms with van der Waals surface area (Å²) in [6, 6.07) is 5.55. The molecule has 2 N–H and O–H groups in total. The van der Waals surface area contributed by atoms with Crippen LogP contribution in [0.15, 0.2) is 35.1 Å². The Hall–Kier alpha value is -3.08. The summed E-state index contributed by atoms with van der Waals surface area (Å²) in [5.41, 5.74) is 0.0273. The lowest BCUT2D eigenvalue weighted by Gasteiger charge is -2.20. The number of aromatic nitrogens is 2. The molecule has 166 valence electrons. The number of carbonyl (C=O) groups excluding carboxylic acids is 1. The maximum atomic E-state index is 12.8. The number of nitrogens with zero attached hydrogens (tertiary/aromatic N) is 2. The van der Waals surface area contributed by atoms with Gasteiger partial charge in [0.25, 0.3) is 11.5 Å². The van der Waals surface area contributed by atoms with Crippen molar-refractivity contribution in [1.82, 2.24) is 15.3 Å². The molecule has 1 aliphatic carbocycles. The number of fused-ring (bicyclic) bond motifs is 1. The Morgan fingerprint density at radius 3 is 2.58 bits per heavy atom. The summed E-state index contributed by atoms with van der Waals surface area (Å²) in [6.07, 6.45) is -3.60. The van der Waals surface area contributed by atoms with Gasteiger partial charge in [-0.25, -0.2) is 4.98 Å². The van der Waals surface area contributed by atoms with Crippen molar-refractivity contribution in [1.29, 1.82) is 0 Å². The molecule has 0 spiro atoms. The molecule has 1 amide bonds. The van der Waals surface area contributed by atoms with Crippen LogP contribution >= 0.6 is 0 Å². The zero-order valence-corrected chi connectivity index (χ0v) is 16.6. The molecule has 1 saturated heterocycles. The number of ether oxygens (including phenoxy) is 2. The fourth-order valence-corrected chi connectivity index (χ4v) is 3.80. The Morgan fingerprint density at radius 1 is 1.29 bits per heavy atom. The number of carbonyl (C=O) groups is 1. The number of amides is 1. The monoisotopic (exact) mass is 438 g/mol. The van der Waals surface area contributed by atoms with Crippen LogP contribution in [0.25, 0.3) is 0 Å². The number of rotatable bonds is 7. The van der Waals surface area contributed by atoms with E-state index in [0.717, 1.165) is 31.3 Å². The minimum absolute atomic E-state index is 0.0440. The number of methoxy groups -OCH3 is 1. The number of nitrogens with one attached hydrogen (secondary N) is 2. The van der Waals surface area contributed by atoms with Gasteiger partial charge in [0, 0.05) is 26.3 Å². The Labute approximate surface area is 175 Å². The van der Waals surface area contributed by atoms with E-state index in [4.69, 9.17) is 4.74 Å². The molecule has 2 unspecified atom stereocenters. The first-order valence-corrected chi connectivity index (χ1v) is 9.73. The number of hydrogen-bond donors (Lipinski definition) is 2. The topological polar surface area (TPSA) is 96.5 Å². The number of hydrogen-bond acceptors (Lipinski definition) is 6. The van der Waals surface area contributed by atoms with Gasteiger partial charge in [0.15, 0.2) is 0 Å². The van der Waals surface area contributed by atoms with Crippen molar-refractivity contribution in [3.63, 3.8) is 0 Å². The highest BCUT2D eigenvalue weighted by Crippen LogP contribution is 2.45. The second-order valence-electron chi connectivity index (χ2n) is 7.71. The van der Waals surface area contributed by atoms with Gasteiger partial charge in [-0.2, -0.15) is 0 Å². The van der Waals surface area contributed by atoms with Gasteiger partial charge >= 0.3 is 6.36 Å². The van der Waals surface area contributed by atoms with E-state index in [1.807, 2.05) is 4.90 Å². The predicted octanol–water partition coefficient (Wildman–Crippen LogP) is 2.24. The summed E-state index contributed by atoms with van der Waals surface area (Å²) in [4.78, 5) is 33.8. The van der Waals surface area contributed by atoms with Crippen molar-refractivity contribution in [2.45, 2.75) is 18.8 Å². The summed E-state index contributed by atoms with van der Waals surface area (Å²) in [7, 11) is 1.43. The van der Waals surface area contributed by atoms with E-state index in [1.165, 1.54) is 25.7 Å². The summed E-state index contributed by atoms with van der Waals surface area (Å²) in [5, 5.41) is 2.72.